The number of rotatable bonds is 5. The van der Waals surface area contributed by atoms with Gasteiger partial charge in [-0.2, -0.15) is 0 Å². The minimum atomic E-state index is 0.704. The number of nitrogens with one attached hydrogen (secondary N) is 1. The molecule has 0 spiro atoms. The summed E-state index contributed by atoms with van der Waals surface area (Å²) in [6.45, 7) is 7.75. The third kappa shape index (κ3) is 3.75. The molecule has 0 radical (unpaired) electrons. The van der Waals surface area contributed by atoms with Crippen LogP contribution < -0.4 is 10.1 Å². The van der Waals surface area contributed by atoms with E-state index in [9.17, 15) is 0 Å². The molecule has 0 aromatic heterocycles. The van der Waals surface area contributed by atoms with Crippen LogP contribution in [-0.4, -0.2) is 6.61 Å². The molecule has 0 fully saturated rings. The van der Waals surface area contributed by atoms with Gasteiger partial charge in [0.1, 0.15) is 5.75 Å². The minimum Gasteiger partial charge on any atom is -0.494 e. The zero-order chi connectivity index (χ0) is 13.7. The fourth-order valence-corrected chi connectivity index (χ4v) is 1.99. The maximum absolute atomic E-state index is 5.49. The lowest BCUT2D eigenvalue weighted by Crippen LogP contribution is -2.01. The van der Waals surface area contributed by atoms with Crippen molar-refractivity contribution in [2.75, 3.05) is 11.9 Å². The molecule has 1 N–H and O–H groups in total. The maximum atomic E-state index is 5.49. The molecule has 0 amide bonds. The second-order valence-electron chi connectivity index (χ2n) is 4.75. The predicted molar refractivity (Wildman–Crippen MR) is 80.9 cm³/mol. The molecule has 0 aliphatic heterocycles. The second-order valence-corrected chi connectivity index (χ2v) is 4.75. The summed E-state index contributed by atoms with van der Waals surface area (Å²) < 4.78 is 5.49. The van der Waals surface area contributed by atoms with E-state index in [1.54, 1.807) is 0 Å². The van der Waals surface area contributed by atoms with Crippen LogP contribution in [0.3, 0.4) is 0 Å². The molecule has 2 rings (SSSR count). The topological polar surface area (TPSA) is 21.3 Å². The number of ether oxygens (including phenoxy) is 1. The number of benzene rings is 2. The molecule has 19 heavy (non-hydrogen) atoms. The summed E-state index contributed by atoms with van der Waals surface area (Å²) in [6.07, 6.45) is 0. The number of hydrogen-bond donors (Lipinski definition) is 1. The molecule has 0 aliphatic carbocycles. The highest BCUT2D eigenvalue weighted by Gasteiger charge is 2.00. The predicted octanol–water partition coefficient (Wildman–Crippen LogP) is 4.31. The van der Waals surface area contributed by atoms with E-state index in [0.29, 0.717) is 6.61 Å². The molecule has 0 saturated heterocycles. The van der Waals surface area contributed by atoms with Gasteiger partial charge in [0, 0.05) is 12.2 Å². The minimum absolute atomic E-state index is 0.704. The lowest BCUT2D eigenvalue weighted by atomic mass is 10.1. The van der Waals surface area contributed by atoms with Crippen molar-refractivity contribution < 1.29 is 4.74 Å². The van der Waals surface area contributed by atoms with Gasteiger partial charge < -0.3 is 10.1 Å². The average Bonchev–Trinajstić information content (AvgIpc) is 2.40. The molecule has 0 aliphatic rings. The Morgan fingerprint density at radius 1 is 1.00 bits per heavy atom. The molecule has 100 valence electrons. The fourth-order valence-electron chi connectivity index (χ4n) is 1.99. The van der Waals surface area contributed by atoms with Gasteiger partial charge in [0.2, 0.25) is 0 Å². The van der Waals surface area contributed by atoms with Gasteiger partial charge in [-0.15, -0.1) is 0 Å². The Morgan fingerprint density at radius 2 is 1.74 bits per heavy atom. The Kier molecular flexibility index (Phi) is 4.45. The molecule has 0 bridgehead atoms. The highest BCUT2D eigenvalue weighted by Crippen LogP contribution is 2.22. The molecule has 0 saturated carbocycles. The molecule has 0 unspecified atom stereocenters. The first kappa shape index (κ1) is 13.5. The zero-order valence-electron chi connectivity index (χ0n) is 11.9. The fraction of sp³-hybridized carbons (Fsp3) is 0.294. The Bertz CT molecular complexity index is 531. The Labute approximate surface area is 115 Å². The standard InChI is InChI=1S/C17H21NO/c1-4-19-16-9-10-17(14(3)11-16)18-12-15-7-5-13(2)6-8-15/h5-11,18H,4,12H2,1-3H3. The van der Waals surface area contributed by atoms with Crippen molar-refractivity contribution in [1.82, 2.24) is 0 Å². The molecule has 2 nitrogen and oxygen atoms in total. The van der Waals surface area contributed by atoms with Crippen molar-refractivity contribution >= 4 is 5.69 Å². The van der Waals surface area contributed by atoms with Gasteiger partial charge in [-0.3, -0.25) is 0 Å². The third-order valence-corrected chi connectivity index (χ3v) is 3.11. The molecule has 0 heterocycles. The molecule has 2 aromatic rings. The van der Waals surface area contributed by atoms with Gasteiger partial charge >= 0.3 is 0 Å². The maximum Gasteiger partial charge on any atom is 0.119 e. The largest absolute Gasteiger partial charge is 0.494 e. The first-order valence-electron chi connectivity index (χ1n) is 6.72. The first-order valence-corrected chi connectivity index (χ1v) is 6.72. The second kappa shape index (κ2) is 6.28. The quantitative estimate of drug-likeness (QED) is 0.859. The molecular weight excluding hydrogens is 234 g/mol. The van der Waals surface area contributed by atoms with Crippen molar-refractivity contribution in [3.8, 4) is 5.75 Å². The summed E-state index contributed by atoms with van der Waals surface area (Å²) in [5.41, 5.74) is 4.95. The number of aryl methyl sites for hydroxylation is 2. The van der Waals surface area contributed by atoms with Gasteiger partial charge in [-0.25, -0.2) is 0 Å². The van der Waals surface area contributed by atoms with Gasteiger partial charge in [0.25, 0.3) is 0 Å². The van der Waals surface area contributed by atoms with E-state index < -0.39 is 0 Å². The zero-order valence-corrected chi connectivity index (χ0v) is 11.9. The van der Waals surface area contributed by atoms with E-state index in [1.165, 1.54) is 16.7 Å². The summed E-state index contributed by atoms with van der Waals surface area (Å²) in [7, 11) is 0. The van der Waals surface area contributed by atoms with Crippen molar-refractivity contribution in [2.45, 2.75) is 27.3 Å². The van der Waals surface area contributed by atoms with Gasteiger partial charge in [-0.05, 0) is 50.1 Å². The Hall–Kier alpha value is -1.96. The van der Waals surface area contributed by atoms with Gasteiger partial charge in [0.15, 0.2) is 0 Å². The summed E-state index contributed by atoms with van der Waals surface area (Å²) in [5, 5.41) is 3.46. The summed E-state index contributed by atoms with van der Waals surface area (Å²) in [6, 6.07) is 14.8. The number of hydrogen-bond acceptors (Lipinski definition) is 2. The Morgan fingerprint density at radius 3 is 2.37 bits per heavy atom. The van der Waals surface area contributed by atoms with Crippen LogP contribution in [0.4, 0.5) is 5.69 Å². The smallest absolute Gasteiger partial charge is 0.119 e. The highest BCUT2D eigenvalue weighted by molar-refractivity contribution is 5.53. The van der Waals surface area contributed by atoms with Crippen LogP contribution in [0.25, 0.3) is 0 Å². The normalized spacial score (nSPS) is 10.3. The van der Waals surface area contributed by atoms with Crippen molar-refractivity contribution in [1.29, 1.82) is 0 Å². The Balaban J connectivity index is 2.01. The van der Waals surface area contributed by atoms with Crippen LogP contribution in [0, 0.1) is 13.8 Å². The summed E-state index contributed by atoms with van der Waals surface area (Å²) in [4.78, 5) is 0. The van der Waals surface area contributed by atoms with E-state index in [-0.39, 0.29) is 0 Å². The lowest BCUT2D eigenvalue weighted by molar-refractivity contribution is 0.340. The van der Waals surface area contributed by atoms with Crippen LogP contribution in [0.5, 0.6) is 5.75 Å². The van der Waals surface area contributed by atoms with E-state index in [0.717, 1.165) is 18.0 Å². The van der Waals surface area contributed by atoms with Crippen LogP contribution in [0.1, 0.15) is 23.6 Å². The van der Waals surface area contributed by atoms with E-state index in [1.807, 2.05) is 13.0 Å². The number of anilines is 1. The van der Waals surface area contributed by atoms with E-state index in [4.69, 9.17) is 4.74 Å². The molecule has 2 heteroatoms. The molecule has 2 aromatic carbocycles. The monoisotopic (exact) mass is 255 g/mol. The first-order chi connectivity index (χ1) is 9.19. The summed E-state index contributed by atoms with van der Waals surface area (Å²) in [5.74, 6) is 0.931. The average molecular weight is 255 g/mol. The molecule has 0 atom stereocenters. The van der Waals surface area contributed by atoms with Crippen LogP contribution in [-0.2, 0) is 6.54 Å². The van der Waals surface area contributed by atoms with Gasteiger partial charge in [0.05, 0.1) is 6.61 Å². The van der Waals surface area contributed by atoms with E-state index in [2.05, 4.69) is 55.6 Å². The van der Waals surface area contributed by atoms with Crippen molar-refractivity contribution in [3.05, 3.63) is 59.2 Å². The molecular formula is C17H21NO. The van der Waals surface area contributed by atoms with Crippen molar-refractivity contribution in [3.63, 3.8) is 0 Å². The van der Waals surface area contributed by atoms with Gasteiger partial charge in [-0.1, -0.05) is 29.8 Å². The third-order valence-electron chi connectivity index (χ3n) is 3.11. The van der Waals surface area contributed by atoms with Crippen molar-refractivity contribution in [2.24, 2.45) is 0 Å². The van der Waals surface area contributed by atoms with Crippen LogP contribution >= 0.6 is 0 Å². The van der Waals surface area contributed by atoms with Crippen LogP contribution in [0.2, 0.25) is 0 Å². The van der Waals surface area contributed by atoms with Crippen LogP contribution in [0.15, 0.2) is 42.5 Å². The lowest BCUT2D eigenvalue weighted by Gasteiger charge is -2.11. The highest BCUT2D eigenvalue weighted by atomic mass is 16.5. The van der Waals surface area contributed by atoms with E-state index >= 15 is 0 Å². The summed E-state index contributed by atoms with van der Waals surface area (Å²) >= 11 is 0. The SMILES string of the molecule is CCOc1ccc(NCc2ccc(C)cc2)c(C)c1.